The standard InChI is InChI=1S/C8H9N3O4S/c1-5-3-8(16(12,13)14)7(15-2)4-6(5)10-11-9/h3-4H,1-2H3,(H,12,13,14). The Labute approximate surface area is 92.0 Å². The molecule has 0 saturated carbocycles. The largest absolute Gasteiger partial charge is 0.495 e. The molecule has 0 unspecified atom stereocenters. The second-order valence-corrected chi connectivity index (χ2v) is 4.34. The number of benzene rings is 1. The minimum absolute atomic E-state index is 0.0736. The van der Waals surface area contributed by atoms with Gasteiger partial charge < -0.3 is 4.74 Å². The molecule has 0 aliphatic carbocycles. The van der Waals surface area contributed by atoms with Crippen molar-refractivity contribution < 1.29 is 17.7 Å². The van der Waals surface area contributed by atoms with E-state index in [1.807, 2.05) is 0 Å². The van der Waals surface area contributed by atoms with E-state index < -0.39 is 10.1 Å². The molecule has 1 N–H and O–H groups in total. The Morgan fingerprint density at radius 2 is 2.12 bits per heavy atom. The average Bonchev–Trinajstić information content (AvgIpc) is 2.19. The quantitative estimate of drug-likeness (QED) is 0.379. The van der Waals surface area contributed by atoms with Gasteiger partial charge in [-0.2, -0.15) is 8.42 Å². The molecule has 0 bridgehead atoms. The van der Waals surface area contributed by atoms with E-state index in [4.69, 9.17) is 14.8 Å². The SMILES string of the molecule is COc1cc(N=[N+]=[N-])c(C)cc1S(=O)(=O)O. The molecule has 86 valence electrons. The van der Waals surface area contributed by atoms with Crippen molar-refractivity contribution in [3.05, 3.63) is 28.1 Å². The van der Waals surface area contributed by atoms with Gasteiger partial charge in [-0.05, 0) is 30.2 Å². The lowest BCUT2D eigenvalue weighted by Gasteiger charge is -2.08. The van der Waals surface area contributed by atoms with Crippen LogP contribution in [0.4, 0.5) is 5.69 Å². The van der Waals surface area contributed by atoms with Gasteiger partial charge in [0.2, 0.25) is 0 Å². The number of ether oxygens (including phenoxy) is 1. The van der Waals surface area contributed by atoms with Crippen molar-refractivity contribution in [3.63, 3.8) is 0 Å². The summed E-state index contributed by atoms with van der Waals surface area (Å²) in [6, 6.07) is 2.43. The van der Waals surface area contributed by atoms with Crippen LogP contribution >= 0.6 is 0 Å². The van der Waals surface area contributed by atoms with Gasteiger partial charge >= 0.3 is 0 Å². The molecule has 0 atom stereocenters. The fourth-order valence-electron chi connectivity index (χ4n) is 1.17. The van der Waals surface area contributed by atoms with Crippen molar-refractivity contribution in [2.24, 2.45) is 5.11 Å². The maximum Gasteiger partial charge on any atom is 0.298 e. The molecule has 8 heteroatoms. The van der Waals surface area contributed by atoms with E-state index in [0.717, 1.165) is 0 Å². The van der Waals surface area contributed by atoms with Crippen molar-refractivity contribution in [3.8, 4) is 5.75 Å². The van der Waals surface area contributed by atoms with Gasteiger partial charge in [0.15, 0.2) is 0 Å². The Morgan fingerprint density at radius 3 is 2.56 bits per heavy atom. The monoisotopic (exact) mass is 243 g/mol. The van der Waals surface area contributed by atoms with E-state index in [1.54, 1.807) is 6.92 Å². The Balaban J connectivity index is 3.56. The van der Waals surface area contributed by atoms with Crippen LogP contribution < -0.4 is 4.74 Å². The highest BCUT2D eigenvalue weighted by Gasteiger charge is 2.18. The summed E-state index contributed by atoms with van der Waals surface area (Å²) in [5.74, 6) is -0.0736. The van der Waals surface area contributed by atoms with E-state index in [9.17, 15) is 8.42 Å². The average molecular weight is 243 g/mol. The molecule has 0 amide bonds. The first kappa shape index (κ1) is 12.3. The molecule has 1 aromatic rings. The second kappa shape index (κ2) is 4.40. The Kier molecular flexibility index (Phi) is 3.38. The second-order valence-electron chi connectivity index (χ2n) is 2.95. The van der Waals surface area contributed by atoms with Crippen molar-refractivity contribution >= 4 is 15.8 Å². The van der Waals surface area contributed by atoms with Gasteiger partial charge in [0.1, 0.15) is 10.6 Å². The van der Waals surface area contributed by atoms with Gasteiger partial charge in [0, 0.05) is 10.6 Å². The first-order chi connectivity index (χ1) is 7.40. The van der Waals surface area contributed by atoms with Crippen LogP contribution in [0.3, 0.4) is 0 Å². The van der Waals surface area contributed by atoms with Crippen molar-refractivity contribution in [2.75, 3.05) is 7.11 Å². The van der Waals surface area contributed by atoms with Gasteiger partial charge in [-0.15, -0.1) is 0 Å². The molecule has 0 fully saturated rings. The maximum atomic E-state index is 11.0. The van der Waals surface area contributed by atoms with Crippen molar-refractivity contribution in [1.82, 2.24) is 0 Å². The van der Waals surface area contributed by atoms with Crippen LogP contribution in [0.1, 0.15) is 5.56 Å². The van der Waals surface area contributed by atoms with Crippen LogP contribution in [-0.2, 0) is 10.1 Å². The summed E-state index contributed by atoms with van der Waals surface area (Å²) in [6.07, 6.45) is 0. The lowest BCUT2D eigenvalue weighted by molar-refractivity contribution is 0.397. The molecule has 16 heavy (non-hydrogen) atoms. The number of hydrogen-bond acceptors (Lipinski definition) is 4. The lowest BCUT2D eigenvalue weighted by atomic mass is 10.2. The zero-order valence-electron chi connectivity index (χ0n) is 8.58. The number of aryl methyl sites for hydroxylation is 1. The Hall–Kier alpha value is -1.76. The van der Waals surface area contributed by atoms with Crippen LogP contribution in [0.2, 0.25) is 0 Å². The molecule has 0 heterocycles. The predicted octanol–water partition coefficient (Wildman–Crippen LogP) is 2.19. The number of hydrogen-bond donors (Lipinski definition) is 1. The Bertz CT molecular complexity index is 561. The maximum absolute atomic E-state index is 11.0. The highest BCUT2D eigenvalue weighted by atomic mass is 32.2. The molecular formula is C8H9N3O4S. The van der Waals surface area contributed by atoms with E-state index in [-0.39, 0.29) is 16.3 Å². The third kappa shape index (κ3) is 2.43. The van der Waals surface area contributed by atoms with Gasteiger partial charge in [-0.3, -0.25) is 4.55 Å². The molecule has 1 rings (SSSR count). The summed E-state index contributed by atoms with van der Waals surface area (Å²) in [7, 11) is -3.11. The molecule has 0 aliphatic rings. The normalized spacial score (nSPS) is 10.7. The lowest BCUT2D eigenvalue weighted by Crippen LogP contribution is -2.02. The third-order valence-electron chi connectivity index (χ3n) is 1.91. The number of azide groups is 1. The number of methoxy groups -OCH3 is 1. The van der Waals surface area contributed by atoms with E-state index in [1.165, 1.54) is 19.2 Å². The van der Waals surface area contributed by atoms with Crippen molar-refractivity contribution in [1.29, 1.82) is 0 Å². The smallest absolute Gasteiger partial charge is 0.298 e. The van der Waals surface area contributed by atoms with Crippen LogP contribution in [0, 0.1) is 6.92 Å². The predicted molar refractivity (Wildman–Crippen MR) is 56.4 cm³/mol. The number of rotatable bonds is 3. The molecule has 7 nitrogen and oxygen atoms in total. The first-order valence-electron chi connectivity index (χ1n) is 4.11. The molecule has 0 saturated heterocycles. The fourth-order valence-corrected chi connectivity index (χ4v) is 1.89. The topological polar surface area (TPSA) is 112 Å². The van der Waals surface area contributed by atoms with Gasteiger partial charge in [0.05, 0.1) is 7.11 Å². The van der Waals surface area contributed by atoms with Crippen LogP contribution in [0.25, 0.3) is 10.4 Å². The minimum Gasteiger partial charge on any atom is -0.495 e. The van der Waals surface area contributed by atoms with Gasteiger partial charge in [-0.1, -0.05) is 5.11 Å². The van der Waals surface area contributed by atoms with Crippen LogP contribution in [0.5, 0.6) is 5.75 Å². The summed E-state index contributed by atoms with van der Waals surface area (Å²) in [5.41, 5.74) is 8.95. The minimum atomic E-state index is -4.36. The molecular weight excluding hydrogens is 234 g/mol. The first-order valence-corrected chi connectivity index (χ1v) is 5.55. The van der Waals surface area contributed by atoms with Crippen molar-refractivity contribution in [2.45, 2.75) is 11.8 Å². The molecule has 0 spiro atoms. The Morgan fingerprint density at radius 1 is 1.50 bits per heavy atom. The summed E-state index contributed by atoms with van der Waals surface area (Å²) in [6.45, 7) is 1.55. The summed E-state index contributed by atoms with van der Waals surface area (Å²) < 4.78 is 35.7. The zero-order chi connectivity index (χ0) is 12.3. The molecule has 0 radical (unpaired) electrons. The van der Waals surface area contributed by atoms with Crippen LogP contribution in [0.15, 0.2) is 22.1 Å². The van der Waals surface area contributed by atoms with Crippen LogP contribution in [-0.4, -0.2) is 20.1 Å². The van der Waals surface area contributed by atoms with E-state index >= 15 is 0 Å². The molecule has 0 aromatic heterocycles. The number of nitrogens with zero attached hydrogens (tertiary/aromatic N) is 3. The van der Waals surface area contributed by atoms with Gasteiger partial charge in [-0.25, -0.2) is 0 Å². The summed E-state index contributed by atoms with van der Waals surface area (Å²) in [4.78, 5) is 2.23. The van der Waals surface area contributed by atoms with E-state index in [2.05, 4.69) is 10.0 Å². The highest BCUT2D eigenvalue weighted by Crippen LogP contribution is 2.31. The zero-order valence-corrected chi connectivity index (χ0v) is 9.39. The third-order valence-corrected chi connectivity index (χ3v) is 2.79. The van der Waals surface area contributed by atoms with Gasteiger partial charge in [0.25, 0.3) is 10.1 Å². The molecule has 0 aliphatic heterocycles. The summed E-state index contributed by atoms with van der Waals surface area (Å²) >= 11 is 0. The van der Waals surface area contributed by atoms with E-state index in [0.29, 0.717) is 5.56 Å². The molecule has 1 aromatic carbocycles. The highest BCUT2D eigenvalue weighted by molar-refractivity contribution is 7.86. The summed E-state index contributed by atoms with van der Waals surface area (Å²) in [5, 5.41) is 3.36. The fraction of sp³-hybridized carbons (Fsp3) is 0.250.